The molecule has 3 amide bonds. The predicted molar refractivity (Wildman–Crippen MR) is 100 cm³/mol. The van der Waals surface area contributed by atoms with Gasteiger partial charge in [0.25, 0.3) is 0 Å². The lowest BCUT2D eigenvalue weighted by atomic mass is 9.62. The molecule has 2 atom stereocenters. The summed E-state index contributed by atoms with van der Waals surface area (Å²) in [7, 11) is 0. The van der Waals surface area contributed by atoms with Gasteiger partial charge in [0.05, 0.1) is 25.7 Å². The number of amides is 3. The first kappa shape index (κ1) is 21.3. The number of nitriles is 1. The number of urea groups is 1. The van der Waals surface area contributed by atoms with Crippen molar-refractivity contribution in [3.8, 4) is 6.07 Å². The molecule has 2 N–H and O–H groups in total. The Kier molecular flexibility index (Phi) is 7.31. The summed E-state index contributed by atoms with van der Waals surface area (Å²) in [4.78, 5) is 26.1. The monoisotopic (exact) mass is 380 g/mol. The predicted octanol–water partition coefficient (Wildman–Crippen LogP) is 2.25. The number of rotatable bonds is 5. The average molecular weight is 380 g/mol. The molecule has 8 heteroatoms. The summed E-state index contributed by atoms with van der Waals surface area (Å²) in [6.07, 6.45) is 2.30. The van der Waals surface area contributed by atoms with E-state index in [1.807, 2.05) is 6.07 Å². The number of carbonyl (C=O) groups excluding carboxylic acids is 2. The third kappa shape index (κ3) is 6.90. The molecule has 0 bridgehead atoms. The Morgan fingerprint density at radius 3 is 2.63 bits per heavy atom. The molecule has 1 aliphatic carbocycles. The topological polar surface area (TPSA) is 104 Å². The summed E-state index contributed by atoms with van der Waals surface area (Å²) in [6, 6.07) is 1.88. The van der Waals surface area contributed by atoms with Crippen molar-refractivity contribution in [1.29, 1.82) is 5.26 Å². The van der Waals surface area contributed by atoms with Gasteiger partial charge in [0.1, 0.15) is 6.61 Å². The highest BCUT2D eigenvalue weighted by atomic mass is 16.5. The van der Waals surface area contributed by atoms with Crippen molar-refractivity contribution >= 4 is 12.1 Å². The summed E-state index contributed by atoms with van der Waals surface area (Å²) < 4.78 is 10.3. The van der Waals surface area contributed by atoms with Crippen LogP contribution in [-0.4, -0.2) is 62.5 Å². The lowest BCUT2D eigenvalue weighted by Gasteiger charge is -2.47. The average Bonchev–Trinajstić information content (AvgIpc) is 2.59. The van der Waals surface area contributed by atoms with Crippen LogP contribution in [0, 0.1) is 22.2 Å². The molecule has 0 radical (unpaired) electrons. The summed E-state index contributed by atoms with van der Waals surface area (Å²) in [6.45, 7) is 9.59. The van der Waals surface area contributed by atoms with Crippen molar-refractivity contribution in [2.45, 2.75) is 52.5 Å². The molecule has 0 aromatic heterocycles. The van der Waals surface area contributed by atoms with Crippen molar-refractivity contribution in [1.82, 2.24) is 15.5 Å². The quantitative estimate of drug-likeness (QED) is 0.712. The van der Waals surface area contributed by atoms with Crippen LogP contribution in [0.5, 0.6) is 0 Å². The summed E-state index contributed by atoms with van der Waals surface area (Å²) >= 11 is 0. The molecule has 1 saturated carbocycles. The van der Waals surface area contributed by atoms with E-state index in [2.05, 4.69) is 31.4 Å². The fourth-order valence-corrected chi connectivity index (χ4v) is 4.44. The molecule has 1 saturated heterocycles. The van der Waals surface area contributed by atoms with Crippen LogP contribution in [0.1, 0.15) is 46.5 Å². The van der Waals surface area contributed by atoms with Crippen LogP contribution in [0.4, 0.5) is 9.59 Å². The molecule has 152 valence electrons. The first-order valence-corrected chi connectivity index (χ1v) is 9.64. The Morgan fingerprint density at radius 2 is 1.96 bits per heavy atom. The molecule has 1 heterocycles. The number of ether oxygens (including phenoxy) is 2. The van der Waals surface area contributed by atoms with Gasteiger partial charge in [0.2, 0.25) is 0 Å². The third-order valence-corrected chi connectivity index (χ3v) is 5.18. The zero-order valence-electron chi connectivity index (χ0n) is 16.7. The van der Waals surface area contributed by atoms with Crippen molar-refractivity contribution < 1.29 is 19.1 Å². The van der Waals surface area contributed by atoms with Crippen molar-refractivity contribution in [3.05, 3.63) is 0 Å². The van der Waals surface area contributed by atoms with Gasteiger partial charge in [-0.3, -0.25) is 0 Å². The van der Waals surface area contributed by atoms with Crippen molar-refractivity contribution in [2.24, 2.45) is 10.8 Å². The van der Waals surface area contributed by atoms with E-state index >= 15 is 0 Å². The minimum atomic E-state index is -0.479. The Morgan fingerprint density at radius 1 is 1.26 bits per heavy atom. The number of nitrogens with zero attached hydrogens (tertiary/aromatic N) is 2. The molecule has 8 nitrogen and oxygen atoms in total. The molecule has 27 heavy (non-hydrogen) atoms. The molecule has 2 rings (SSSR count). The van der Waals surface area contributed by atoms with Gasteiger partial charge in [-0.1, -0.05) is 20.8 Å². The van der Waals surface area contributed by atoms with Crippen LogP contribution in [0.25, 0.3) is 0 Å². The largest absolute Gasteiger partial charge is 0.448 e. The number of hydrogen-bond acceptors (Lipinski definition) is 5. The van der Waals surface area contributed by atoms with Crippen LogP contribution in [0.3, 0.4) is 0 Å². The molecule has 2 aliphatic rings. The molecule has 0 aromatic rings. The summed E-state index contributed by atoms with van der Waals surface area (Å²) in [5.74, 6) is 0. The second-order valence-electron chi connectivity index (χ2n) is 8.70. The lowest BCUT2D eigenvalue weighted by Crippen LogP contribution is -2.53. The van der Waals surface area contributed by atoms with Crippen LogP contribution >= 0.6 is 0 Å². The van der Waals surface area contributed by atoms with Crippen LogP contribution < -0.4 is 10.6 Å². The van der Waals surface area contributed by atoms with E-state index in [4.69, 9.17) is 14.7 Å². The van der Waals surface area contributed by atoms with Gasteiger partial charge in [0, 0.05) is 25.7 Å². The zero-order valence-corrected chi connectivity index (χ0v) is 16.7. The van der Waals surface area contributed by atoms with Crippen molar-refractivity contribution in [2.75, 3.05) is 39.5 Å². The fraction of sp³-hybridized carbons (Fsp3) is 0.842. The smallest absolute Gasteiger partial charge is 0.407 e. The van der Waals surface area contributed by atoms with E-state index in [1.54, 1.807) is 4.90 Å². The highest BCUT2D eigenvalue weighted by Crippen LogP contribution is 2.45. The molecular weight excluding hydrogens is 348 g/mol. The minimum absolute atomic E-state index is 0.0198. The van der Waals surface area contributed by atoms with Gasteiger partial charge >= 0.3 is 12.1 Å². The van der Waals surface area contributed by atoms with Gasteiger partial charge in [0.15, 0.2) is 0 Å². The van der Waals surface area contributed by atoms with E-state index in [0.29, 0.717) is 32.8 Å². The van der Waals surface area contributed by atoms with E-state index in [1.165, 1.54) is 0 Å². The highest BCUT2D eigenvalue weighted by Gasteiger charge is 2.42. The number of nitrogens with one attached hydrogen (secondary N) is 2. The standard InChI is InChI=1S/C19H32N4O4/c1-18(2)11-15(22-17(25)27-8-4-5-20)12-19(3,13-18)14-21-16(24)23-6-9-26-10-7-23/h15H,4,6-14H2,1-3H3,(H,21,24)(H,22,25). The molecule has 0 aromatic carbocycles. The van der Waals surface area contributed by atoms with E-state index in [0.717, 1.165) is 19.3 Å². The second kappa shape index (κ2) is 9.27. The first-order chi connectivity index (χ1) is 12.7. The van der Waals surface area contributed by atoms with E-state index < -0.39 is 6.09 Å². The molecule has 0 spiro atoms. The molecule has 2 unspecified atom stereocenters. The van der Waals surface area contributed by atoms with Crippen LogP contribution in [-0.2, 0) is 9.47 Å². The van der Waals surface area contributed by atoms with E-state index in [9.17, 15) is 9.59 Å². The van der Waals surface area contributed by atoms with E-state index in [-0.39, 0.29) is 35.9 Å². The summed E-state index contributed by atoms with van der Waals surface area (Å²) in [5.41, 5.74) is -0.0738. The summed E-state index contributed by atoms with van der Waals surface area (Å²) in [5, 5.41) is 14.5. The van der Waals surface area contributed by atoms with Gasteiger partial charge in [-0.2, -0.15) is 5.26 Å². The SMILES string of the molecule is CC1(C)CC(NC(=O)OCCC#N)CC(C)(CNC(=O)N2CCOCC2)C1. The zero-order chi connectivity index (χ0) is 19.9. The Hall–Kier alpha value is -2.01. The first-order valence-electron chi connectivity index (χ1n) is 9.64. The molecule has 2 fully saturated rings. The number of alkyl carbamates (subject to hydrolysis) is 1. The highest BCUT2D eigenvalue weighted by molar-refractivity contribution is 5.74. The van der Waals surface area contributed by atoms with Gasteiger partial charge in [-0.05, 0) is 30.1 Å². The maximum atomic E-state index is 12.4. The van der Waals surface area contributed by atoms with Gasteiger partial charge < -0.3 is 25.0 Å². The Bertz CT molecular complexity index is 569. The second-order valence-corrected chi connectivity index (χ2v) is 8.70. The van der Waals surface area contributed by atoms with Gasteiger partial charge in [-0.15, -0.1) is 0 Å². The van der Waals surface area contributed by atoms with Crippen LogP contribution in [0.15, 0.2) is 0 Å². The number of morpholine rings is 1. The van der Waals surface area contributed by atoms with Gasteiger partial charge in [-0.25, -0.2) is 9.59 Å². The lowest BCUT2D eigenvalue weighted by molar-refractivity contribution is 0.0472. The maximum absolute atomic E-state index is 12.4. The van der Waals surface area contributed by atoms with Crippen LogP contribution in [0.2, 0.25) is 0 Å². The Labute approximate surface area is 161 Å². The molecule has 1 aliphatic heterocycles. The Balaban J connectivity index is 1.88. The fourth-order valence-electron chi connectivity index (χ4n) is 4.44. The van der Waals surface area contributed by atoms with Crippen molar-refractivity contribution in [3.63, 3.8) is 0 Å². The number of hydrogen-bond donors (Lipinski definition) is 2. The maximum Gasteiger partial charge on any atom is 0.407 e. The number of carbonyl (C=O) groups is 2. The normalized spacial score (nSPS) is 27.3. The molecular formula is C19H32N4O4. The third-order valence-electron chi connectivity index (χ3n) is 5.18. The minimum Gasteiger partial charge on any atom is -0.448 e.